The monoisotopic (exact) mass is 443 g/mol. The lowest BCUT2D eigenvalue weighted by molar-refractivity contribution is 0.185. The average Bonchev–Trinajstić information content (AvgIpc) is 3.23. The van der Waals surface area contributed by atoms with Gasteiger partial charge in [-0.2, -0.15) is 0 Å². The number of benzene rings is 2. The molecule has 2 aromatic carbocycles. The lowest BCUT2D eigenvalue weighted by Gasteiger charge is -2.36. The summed E-state index contributed by atoms with van der Waals surface area (Å²) in [7, 11) is -1.51. The first-order valence-corrected chi connectivity index (χ1v) is 14.9. The molecule has 4 rings (SSSR count). The minimum Gasteiger partial charge on any atom is -0.285 e. The molecule has 0 aliphatic carbocycles. The van der Waals surface area contributed by atoms with Crippen LogP contribution in [0.25, 0.3) is 0 Å². The van der Waals surface area contributed by atoms with Gasteiger partial charge in [0.25, 0.3) is 0 Å². The predicted molar refractivity (Wildman–Crippen MR) is 132 cm³/mol. The van der Waals surface area contributed by atoms with Crippen LogP contribution in [-0.2, 0) is 18.5 Å². The summed E-state index contributed by atoms with van der Waals surface area (Å²) in [6.45, 7) is 15.1. The molecule has 0 fully saturated rings. The van der Waals surface area contributed by atoms with Crippen LogP contribution < -0.4 is 0 Å². The molecule has 0 N–H and O–H groups in total. The highest BCUT2D eigenvalue weighted by Gasteiger charge is 2.34. The molecule has 1 atom stereocenters. The second-order valence-electron chi connectivity index (χ2n) is 10.6. The molecular weight excluding hydrogens is 410 g/mol. The van der Waals surface area contributed by atoms with Crippen molar-refractivity contribution in [3.05, 3.63) is 76.6 Å². The molecular formula is C26H33N5Si. The Hall–Kier alpha value is -2.75. The molecule has 1 aromatic heterocycles. The third-order valence-electron chi connectivity index (χ3n) is 5.73. The second-order valence-corrected chi connectivity index (χ2v) is 15.3. The summed E-state index contributed by atoms with van der Waals surface area (Å²) in [6, 6.07) is 17.2. The van der Waals surface area contributed by atoms with E-state index in [1.165, 1.54) is 16.7 Å². The van der Waals surface area contributed by atoms with Crippen LogP contribution in [0.3, 0.4) is 0 Å². The molecule has 1 aliphatic rings. The minimum absolute atomic E-state index is 0.0651. The van der Waals surface area contributed by atoms with Crippen LogP contribution >= 0.6 is 0 Å². The maximum absolute atomic E-state index is 4.56. The van der Waals surface area contributed by atoms with E-state index >= 15 is 0 Å². The van der Waals surface area contributed by atoms with Gasteiger partial charge in [0.15, 0.2) is 5.82 Å². The van der Waals surface area contributed by atoms with E-state index < -0.39 is 8.07 Å². The molecule has 0 amide bonds. The topological polar surface area (TPSA) is 46.8 Å². The number of tetrazole rings is 1. The second kappa shape index (κ2) is 8.65. The Kier molecular flexibility index (Phi) is 6.06. The van der Waals surface area contributed by atoms with Gasteiger partial charge in [0, 0.05) is 18.7 Å². The Morgan fingerprint density at radius 1 is 0.969 bits per heavy atom. The van der Waals surface area contributed by atoms with E-state index in [-0.39, 0.29) is 11.6 Å². The van der Waals surface area contributed by atoms with Gasteiger partial charge in [0.2, 0.25) is 0 Å². The first-order valence-electron chi connectivity index (χ1n) is 11.4. The summed E-state index contributed by atoms with van der Waals surface area (Å²) in [5, 5.41) is 13.0. The highest BCUT2D eigenvalue weighted by Crippen LogP contribution is 2.35. The summed E-state index contributed by atoms with van der Waals surface area (Å²) in [6.07, 6.45) is 1.02. The zero-order valence-corrected chi connectivity index (χ0v) is 21.1. The highest BCUT2D eigenvalue weighted by molar-refractivity contribution is 6.83. The maximum atomic E-state index is 4.56. The van der Waals surface area contributed by atoms with Crippen molar-refractivity contribution in [3.8, 4) is 11.5 Å². The minimum atomic E-state index is -1.51. The van der Waals surface area contributed by atoms with Gasteiger partial charge < -0.3 is 0 Å². The molecule has 3 aromatic rings. The fraction of sp³-hybridized carbons (Fsp3) is 0.423. The first kappa shape index (κ1) is 22.4. The van der Waals surface area contributed by atoms with E-state index in [9.17, 15) is 0 Å². The predicted octanol–water partition coefficient (Wildman–Crippen LogP) is 4.80. The van der Waals surface area contributed by atoms with Gasteiger partial charge in [-0.15, -0.1) is 10.6 Å². The van der Waals surface area contributed by atoms with Crippen LogP contribution in [0, 0.1) is 11.5 Å². The molecule has 0 saturated heterocycles. The van der Waals surface area contributed by atoms with Crippen LogP contribution in [0.5, 0.6) is 0 Å². The van der Waals surface area contributed by atoms with Gasteiger partial charge in [-0.3, -0.25) is 4.90 Å². The van der Waals surface area contributed by atoms with Crippen LogP contribution in [0.15, 0.2) is 48.5 Å². The van der Waals surface area contributed by atoms with E-state index in [1.54, 1.807) is 0 Å². The van der Waals surface area contributed by atoms with Crippen molar-refractivity contribution in [2.75, 3.05) is 6.54 Å². The largest absolute Gasteiger partial charge is 0.285 e. The Morgan fingerprint density at radius 2 is 1.66 bits per heavy atom. The molecule has 5 nitrogen and oxygen atoms in total. The standard InChI is InChI=1S/C26H33N5Si/c1-26(2,3)31-25(27-28-29-31)24(30-17-15-20-11-7-8-13-22(20)19-30)23-14-10-9-12-21(23)16-18-32(4,5)6/h7-14,24H,15,17,19H2,1-6H3. The molecule has 166 valence electrons. The summed E-state index contributed by atoms with van der Waals surface area (Å²) in [5.41, 5.74) is 8.40. The Balaban J connectivity index is 1.86. The maximum Gasteiger partial charge on any atom is 0.173 e. The summed E-state index contributed by atoms with van der Waals surface area (Å²) in [5.74, 6) is 4.39. The van der Waals surface area contributed by atoms with Gasteiger partial charge >= 0.3 is 0 Å². The lowest BCUT2D eigenvalue weighted by atomic mass is 9.93. The number of rotatable bonds is 3. The van der Waals surface area contributed by atoms with Crippen molar-refractivity contribution in [1.29, 1.82) is 0 Å². The van der Waals surface area contributed by atoms with Crippen molar-refractivity contribution in [3.63, 3.8) is 0 Å². The Bertz CT molecular complexity index is 1160. The molecule has 1 unspecified atom stereocenters. The third-order valence-corrected chi connectivity index (χ3v) is 6.60. The molecule has 6 heteroatoms. The van der Waals surface area contributed by atoms with Gasteiger partial charge in [-0.1, -0.05) is 68.0 Å². The summed E-state index contributed by atoms with van der Waals surface area (Å²) >= 11 is 0. The quantitative estimate of drug-likeness (QED) is 0.431. The van der Waals surface area contributed by atoms with Gasteiger partial charge in [-0.25, -0.2) is 4.68 Å². The highest BCUT2D eigenvalue weighted by atomic mass is 28.3. The smallest absolute Gasteiger partial charge is 0.173 e. The SMILES string of the molecule is CC(C)(C)n1nnnc1C(c1ccccc1C#C[Si](C)(C)C)N1CCc2ccccc2C1. The number of fused-ring (bicyclic) bond motifs is 1. The van der Waals surface area contributed by atoms with Gasteiger partial charge in [0.05, 0.1) is 11.6 Å². The normalized spacial score (nSPS) is 15.6. The number of hydrogen-bond donors (Lipinski definition) is 0. The summed E-state index contributed by atoms with van der Waals surface area (Å²) < 4.78 is 1.97. The van der Waals surface area contributed by atoms with E-state index in [0.29, 0.717) is 0 Å². The van der Waals surface area contributed by atoms with Gasteiger partial charge in [-0.05, 0) is 60.4 Å². The Labute approximate surface area is 192 Å². The van der Waals surface area contributed by atoms with E-state index in [1.807, 2.05) is 4.68 Å². The van der Waals surface area contributed by atoms with E-state index in [2.05, 4.69) is 121 Å². The fourth-order valence-corrected chi connectivity index (χ4v) is 4.69. The van der Waals surface area contributed by atoms with Crippen molar-refractivity contribution >= 4 is 8.07 Å². The molecule has 0 radical (unpaired) electrons. The molecule has 0 bridgehead atoms. The third kappa shape index (κ3) is 4.84. The van der Waals surface area contributed by atoms with Crippen LogP contribution in [0.1, 0.15) is 54.9 Å². The molecule has 0 saturated carbocycles. The molecule has 0 spiro atoms. The molecule has 1 aliphatic heterocycles. The van der Waals surface area contributed by atoms with E-state index in [4.69, 9.17) is 0 Å². The fourth-order valence-electron chi connectivity index (χ4n) is 4.18. The molecule has 2 heterocycles. The zero-order valence-electron chi connectivity index (χ0n) is 20.1. The van der Waals surface area contributed by atoms with Crippen molar-refractivity contribution in [2.24, 2.45) is 0 Å². The number of hydrogen-bond acceptors (Lipinski definition) is 4. The van der Waals surface area contributed by atoms with Crippen LogP contribution in [0.2, 0.25) is 19.6 Å². The van der Waals surface area contributed by atoms with Crippen molar-refractivity contribution < 1.29 is 0 Å². The van der Waals surface area contributed by atoms with Crippen LogP contribution in [0.4, 0.5) is 0 Å². The summed E-state index contributed by atoms with van der Waals surface area (Å²) in [4.78, 5) is 2.51. The lowest BCUT2D eigenvalue weighted by Crippen LogP contribution is -2.38. The van der Waals surface area contributed by atoms with E-state index in [0.717, 1.165) is 30.9 Å². The Morgan fingerprint density at radius 3 is 2.38 bits per heavy atom. The van der Waals surface area contributed by atoms with Crippen LogP contribution in [-0.4, -0.2) is 39.7 Å². The zero-order chi connectivity index (χ0) is 22.9. The van der Waals surface area contributed by atoms with Crippen molar-refractivity contribution in [1.82, 2.24) is 25.1 Å². The average molecular weight is 444 g/mol. The van der Waals surface area contributed by atoms with Crippen molar-refractivity contribution in [2.45, 2.75) is 65.0 Å². The number of nitrogens with zero attached hydrogens (tertiary/aromatic N) is 5. The van der Waals surface area contributed by atoms with Gasteiger partial charge in [0.1, 0.15) is 8.07 Å². The first-order chi connectivity index (χ1) is 15.1. The number of aromatic nitrogens is 4. The molecule has 32 heavy (non-hydrogen) atoms.